The highest BCUT2D eigenvalue weighted by Gasteiger charge is 2.38. The normalized spacial score (nSPS) is 12.4. The minimum absolute atomic E-state index is 0.291. The van der Waals surface area contributed by atoms with Gasteiger partial charge in [-0.2, -0.15) is 0 Å². The molecule has 0 saturated carbocycles. The lowest BCUT2D eigenvalue weighted by Crippen LogP contribution is -2.55. The molecule has 3 amide bonds. The maximum absolute atomic E-state index is 13.5. The molecular formula is C27H37N3O4. The van der Waals surface area contributed by atoms with Crippen LogP contribution in [-0.2, 0) is 20.9 Å². The Kier molecular flexibility index (Phi) is 8.85. The lowest BCUT2D eigenvalue weighted by atomic mass is 9.96. The van der Waals surface area contributed by atoms with E-state index in [4.69, 9.17) is 4.74 Å². The van der Waals surface area contributed by atoms with Crippen molar-refractivity contribution < 1.29 is 19.1 Å². The second-order valence-electron chi connectivity index (χ2n) is 10.3. The average molecular weight is 468 g/mol. The fourth-order valence-corrected chi connectivity index (χ4v) is 3.50. The van der Waals surface area contributed by atoms with Gasteiger partial charge in [-0.05, 0) is 59.6 Å². The SMILES string of the molecule is Cc1ccc(C(C(=O)NCc2ccccc2)N(C(=O)CNC(=O)OC(C)(C)C)C(C)(C)C)cc1. The van der Waals surface area contributed by atoms with Crippen molar-refractivity contribution in [1.29, 1.82) is 0 Å². The van der Waals surface area contributed by atoms with Crippen LogP contribution >= 0.6 is 0 Å². The summed E-state index contributed by atoms with van der Waals surface area (Å²) in [6, 6.07) is 16.3. The second kappa shape index (κ2) is 11.2. The lowest BCUT2D eigenvalue weighted by molar-refractivity contribution is -0.146. The highest BCUT2D eigenvalue weighted by molar-refractivity contribution is 5.91. The summed E-state index contributed by atoms with van der Waals surface area (Å²) in [6.45, 7) is 12.9. The van der Waals surface area contributed by atoms with Crippen molar-refractivity contribution in [1.82, 2.24) is 15.5 Å². The first-order chi connectivity index (χ1) is 15.8. The van der Waals surface area contributed by atoms with Gasteiger partial charge in [0.1, 0.15) is 18.2 Å². The number of carbonyl (C=O) groups excluding carboxylic acids is 3. The third-order valence-electron chi connectivity index (χ3n) is 4.98. The van der Waals surface area contributed by atoms with Crippen molar-refractivity contribution >= 4 is 17.9 Å². The van der Waals surface area contributed by atoms with Gasteiger partial charge in [-0.1, -0.05) is 60.2 Å². The van der Waals surface area contributed by atoms with Gasteiger partial charge in [0.2, 0.25) is 11.8 Å². The highest BCUT2D eigenvalue weighted by Crippen LogP contribution is 2.29. The van der Waals surface area contributed by atoms with Gasteiger partial charge in [0, 0.05) is 12.1 Å². The Morgan fingerprint density at radius 3 is 2.00 bits per heavy atom. The summed E-state index contributed by atoms with van der Waals surface area (Å²) >= 11 is 0. The number of nitrogens with zero attached hydrogens (tertiary/aromatic N) is 1. The van der Waals surface area contributed by atoms with Crippen molar-refractivity contribution in [2.24, 2.45) is 0 Å². The summed E-state index contributed by atoms with van der Waals surface area (Å²) in [5.74, 6) is -0.688. The molecule has 0 aliphatic rings. The van der Waals surface area contributed by atoms with Crippen LogP contribution in [0.4, 0.5) is 4.79 Å². The number of carbonyl (C=O) groups is 3. The number of amides is 3. The molecule has 0 aliphatic carbocycles. The molecule has 1 unspecified atom stereocenters. The molecule has 7 nitrogen and oxygen atoms in total. The van der Waals surface area contributed by atoms with Crippen molar-refractivity contribution in [3.8, 4) is 0 Å². The third-order valence-corrected chi connectivity index (χ3v) is 4.98. The van der Waals surface area contributed by atoms with Crippen LogP contribution in [0.15, 0.2) is 54.6 Å². The first-order valence-corrected chi connectivity index (χ1v) is 11.4. The molecule has 0 saturated heterocycles. The average Bonchev–Trinajstić information content (AvgIpc) is 2.73. The Hall–Kier alpha value is -3.35. The van der Waals surface area contributed by atoms with E-state index < -0.39 is 29.2 Å². The summed E-state index contributed by atoms with van der Waals surface area (Å²) in [4.78, 5) is 40.5. The van der Waals surface area contributed by atoms with E-state index in [1.54, 1.807) is 20.8 Å². The number of aryl methyl sites for hydroxylation is 1. The lowest BCUT2D eigenvalue weighted by Gasteiger charge is -2.41. The van der Waals surface area contributed by atoms with Crippen LogP contribution in [0.5, 0.6) is 0 Å². The monoisotopic (exact) mass is 467 g/mol. The Labute approximate surface area is 202 Å². The largest absolute Gasteiger partial charge is 0.444 e. The fraction of sp³-hybridized carbons (Fsp3) is 0.444. The molecule has 2 N–H and O–H groups in total. The van der Waals surface area contributed by atoms with Crippen LogP contribution in [0.25, 0.3) is 0 Å². The van der Waals surface area contributed by atoms with Gasteiger partial charge < -0.3 is 20.3 Å². The van der Waals surface area contributed by atoms with E-state index >= 15 is 0 Å². The van der Waals surface area contributed by atoms with Gasteiger partial charge in [0.25, 0.3) is 0 Å². The first kappa shape index (κ1) is 26.9. The van der Waals surface area contributed by atoms with Crippen molar-refractivity contribution in [2.75, 3.05) is 6.54 Å². The molecule has 1 atom stereocenters. The van der Waals surface area contributed by atoms with Crippen LogP contribution in [-0.4, -0.2) is 40.5 Å². The van der Waals surface area contributed by atoms with Gasteiger partial charge in [-0.3, -0.25) is 9.59 Å². The summed E-state index contributed by atoms with van der Waals surface area (Å²) in [6.07, 6.45) is -0.685. The molecule has 34 heavy (non-hydrogen) atoms. The highest BCUT2D eigenvalue weighted by atomic mass is 16.6. The van der Waals surface area contributed by atoms with Gasteiger partial charge in [0.15, 0.2) is 0 Å². The maximum Gasteiger partial charge on any atom is 0.408 e. The molecule has 0 aromatic heterocycles. The van der Waals surface area contributed by atoms with Gasteiger partial charge >= 0.3 is 6.09 Å². The minimum atomic E-state index is -0.878. The number of nitrogens with one attached hydrogen (secondary N) is 2. The molecule has 0 bridgehead atoms. The zero-order valence-corrected chi connectivity index (χ0v) is 21.3. The molecule has 184 valence electrons. The predicted molar refractivity (Wildman–Crippen MR) is 133 cm³/mol. The molecule has 0 fully saturated rings. The van der Waals surface area contributed by atoms with E-state index in [1.165, 1.54) is 4.90 Å². The Morgan fingerprint density at radius 2 is 1.47 bits per heavy atom. The van der Waals surface area contributed by atoms with Crippen LogP contribution in [0, 0.1) is 6.92 Å². The van der Waals surface area contributed by atoms with Crippen molar-refractivity contribution in [2.45, 2.75) is 72.2 Å². The smallest absolute Gasteiger partial charge is 0.408 e. The number of alkyl carbamates (subject to hydrolysis) is 1. The van der Waals surface area contributed by atoms with Gasteiger partial charge in [0.05, 0.1) is 0 Å². The molecule has 2 rings (SSSR count). The van der Waals surface area contributed by atoms with Crippen LogP contribution in [0.2, 0.25) is 0 Å². The number of benzene rings is 2. The Morgan fingerprint density at radius 1 is 0.882 bits per heavy atom. The summed E-state index contributed by atoms with van der Waals surface area (Å²) < 4.78 is 5.25. The third kappa shape index (κ3) is 8.21. The molecule has 0 aliphatic heterocycles. The van der Waals surface area contributed by atoms with Crippen LogP contribution in [0.1, 0.15) is 64.3 Å². The number of ether oxygens (including phenoxy) is 1. The van der Waals surface area contributed by atoms with E-state index in [9.17, 15) is 14.4 Å². The standard InChI is InChI=1S/C27H37N3O4/c1-19-13-15-21(16-14-19)23(24(32)28-17-20-11-9-8-10-12-20)30(26(2,3)4)22(31)18-29-25(33)34-27(5,6)7/h8-16,23H,17-18H2,1-7H3,(H,28,32)(H,29,33). The molecule has 2 aromatic carbocycles. The minimum Gasteiger partial charge on any atom is -0.444 e. The fourth-order valence-electron chi connectivity index (χ4n) is 3.50. The van der Waals surface area contributed by atoms with E-state index in [-0.39, 0.29) is 12.5 Å². The molecule has 7 heteroatoms. The summed E-state index contributed by atoms with van der Waals surface area (Å²) in [5, 5.41) is 5.49. The first-order valence-electron chi connectivity index (χ1n) is 11.4. The van der Waals surface area contributed by atoms with E-state index in [1.807, 2.05) is 82.3 Å². The zero-order chi connectivity index (χ0) is 25.5. The molecular weight excluding hydrogens is 430 g/mol. The predicted octanol–water partition coefficient (Wildman–Crippen LogP) is 4.50. The summed E-state index contributed by atoms with van der Waals surface area (Å²) in [7, 11) is 0. The van der Waals surface area contributed by atoms with E-state index in [0.717, 1.165) is 11.1 Å². The molecule has 0 heterocycles. The van der Waals surface area contributed by atoms with E-state index in [2.05, 4.69) is 10.6 Å². The number of rotatable bonds is 7. The molecule has 0 spiro atoms. The van der Waals surface area contributed by atoms with Crippen LogP contribution < -0.4 is 10.6 Å². The summed E-state index contributed by atoms with van der Waals surface area (Å²) in [5.41, 5.74) is 1.31. The second-order valence-corrected chi connectivity index (χ2v) is 10.3. The van der Waals surface area contributed by atoms with Gasteiger partial charge in [-0.15, -0.1) is 0 Å². The van der Waals surface area contributed by atoms with Crippen LogP contribution in [0.3, 0.4) is 0 Å². The molecule has 0 radical (unpaired) electrons. The van der Waals surface area contributed by atoms with Crippen molar-refractivity contribution in [3.05, 3.63) is 71.3 Å². The number of hydrogen-bond donors (Lipinski definition) is 2. The van der Waals surface area contributed by atoms with Gasteiger partial charge in [-0.25, -0.2) is 4.79 Å². The maximum atomic E-state index is 13.5. The quantitative estimate of drug-likeness (QED) is 0.627. The Bertz CT molecular complexity index is 974. The van der Waals surface area contributed by atoms with Crippen molar-refractivity contribution in [3.63, 3.8) is 0 Å². The molecule has 2 aromatic rings. The Balaban J connectivity index is 2.32. The zero-order valence-electron chi connectivity index (χ0n) is 21.3. The van der Waals surface area contributed by atoms with E-state index in [0.29, 0.717) is 12.1 Å². The number of hydrogen-bond acceptors (Lipinski definition) is 4. The topological polar surface area (TPSA) is 87.7 Å².